The van der Waals surface area contributed by atoms with Crippen molar-refractivity contribution in [1.29, 1.82) is 0 Å². The molecule has 0 saturated heterocycles. The topological polar surface area (TPSA) is 43.3 Å². The fraction of sp³-hybridized carbons (Fsp3) is 0.267. The number of hydrogen-bond acceptors (Lipinski definition) is 2. The highest BCUT2D eigenvalue weighted by molar-refractivity contribution is 5.84. The standard InChI is InChI=1S/C15H20N2O2/c1-4-6-8-13(7-5-2)12-19-15(18)16-14-9-10-17(3)11-14/h5-11H,2,4,12H2,1,3H3,(H,16,18)/b8-6-,13-7+. The van der Waals surface area contributed by atoms with Gasteiger partial charge in [-0.25, -0.2) is 4.79 Å². The number of hydrogen-bond donors (Lipinski definition) is 1. The SMILES string of the molecule is C=C/C=C(\C=C/CC)COC(=O)Nc1ccn(C)c1. The highest BCUT2D eigenvalue weighted by Crippen LogP contribution is 2.07. The molecule has 0 bridgehead atoms. The van der Waals surface area contributed by atoms with Crippen LogP contribution in [-0.2, 0) is 11.8 Å². The fourth-order valence-electron chi connectivity index (χ4n) is 1.45. The second-order valence-corrected chi connectivity index (χ2v) is 4.05. The van der Waals surface area contributed by atoms with Crippen molar-refractivity contribution < 1.29 is 9.53 Å². The van der Waals surface area contributed by atoms with Gasteiger partial charge < -0.3 is 9.30 Å². The average molecular weight is 260 g/mol. The number of carbonyl (C=O) groups is 1. The van der Waals surface area contributed by atoms with Gasteiger partial charge in [-0.3, -0.25) is 5.32 Å². The van der Waals surface area contributed by atoms with Gasteiger partial charge in [0.05, 0.1) is 5.69 Å². The normalized spacial score (nSPS) is 11.6. The third-order valence-corrected chi connectivity index (χ3v) is 2.35. The lowest BCUT2D eigenvalue weighted by molar-refractivity contribution is 0.172. The van der Waals surface area contributed by atoms with Crippen molar-refractivity contribution in [1.82, 2.24) is 4.57 Å². The zero-order valence-electron chi connectivity index (χ0n) is 11.4. The summed E-state index contributed by atoms with van der Waals surface area (Å²) in [6.07, 6.45) is 11.6. The summed E-state index contributed by atoms with van der Waals surface area (Å²) in [5, 5.41) is 2.66. The lowest BCUT2D eigenvalue weighted by Crippen LogP contribution is -2.14. The largest absolute Gasteiger partial charge is 0.444 e. The van der Waals surface area contributed by atoms with Crippen LogP contribution in [0.2, 0.25) is 0 Å². The van der Waals surface area contributed by atoms with Crippen LogP contribution in [0.1, 0.15) is 13.3 Å². The molecular weight excluding hydrogens is 240 g/mol. The molecule has 0 aliphatic carbocycles. The van der Waals surface area contributed by atoms with Crippen molar-refractivity contribution in [2.24, 2.45) is 7.05 Å². The van der Waals surface area contributed by atoms with Crippen LogP contribution in [0.25, 0.3) is 0 Å². The molecule has 1 aromatic heterocycles. The number of nitrogens with one attached hydrogen (secondary N) is 1. The van der Waals surface area contributed by atoms with Crippen LogP contribution in [0.3, 0.4) is 0 Å². The van der Waals surface area contributed by atoms with E-state index in [2.05, 4.69) is 11.9 Å². The van der Waals surface area contributed by atoms with Crippen LogP contribution in [0, 0.1) is 0 Å². The molecule has 0 aromatic carbocycles. The number of aromatic nitrogens is 1. The lowest BCUT2D eigenvalue weighted by Gasteiger charge is -2.06. The number of ether oxygens (including phenoxy) is 1. The highest BCUT2D eigenvalue weighted by atomic mass is 16.5. The van der Waals surface area contributed by atoms with Gasteiger partial charge in [-0.1, -0.05) is 37.8 Å². The predicted molar refractivity (Wildman–Crippen MR) is 78.1 cm³/mol. The van der Waals surface area contributed by atoms with Crippen LogP contribution < -0.4 is 5.32 Å². The molecule has 1 rings (SSSR count). The van der Waals surface area contributed by atoms with E-state index in [1.165, 1.54) is 0 Å². The highest BCUT2D eigenvalue weighted by Gasteiger charge is 2.04. The third kappa shape index (κ3) is 5.77. The number of anilines is 1. The molecule has 4 heteroatoms. The van der Waals surface area contributed by atoms with E-state index in [9.17, 15) is 4.79 Å². The van der Waals surface area contributed by atoms with Crippen molar-refractivity contribution >= 4 is 11.8 Å². The summed E-state index contributed by atoms with van der Waals surface area (Å²) in [4.78, 5) is 11.6. The van der Waals surface area contributed by atoms with E-state index in [1.807, 2.05) is 43.0 Å². The van der Waals surface area contributed by atoms with E-state index in [1.54, 1.807) is 18.3 Å². The molecule has 0 aliphatic rings. The minimum Gasteiger partial charge on any atom is -0.444 e. The zero-order valence-corrected chi connectivity index (χ0v) is 11.4. The molecule has 4 nitrogen and oxygen atoms in total. The maximum absolute atomic E-state index is 11.6. The summed E-state index contributed by atoms with van der Waals surface area (Å²) in [6.45, 7) is 5.91. The molecule has 0 atom stereocenters. The minimum atomic E-state index is -0.467. The summed E-state index contributed by atoms with van der Waals surface area (Å²) >= 11 is 0. The van der Waals surface area contributed by atoms with Crippen LogP contribution in [0.15, 0.2) is 54.9 Å². The fourth-order valence-corrected chi connectivity index (χ4v) is 1.45. The van der Waals surface area contributed by atoms with E-state index in [0.29, 0.717) is 5.69 Å². The van der Waals surface area contributed by atoms with E-state index >= 15 is 0 Å². The third-order valence-electron chi connectivity index (χ3n) is 2.35. The van der Waals surface area contributed by atoms with Crippen LogP contribution in [0.4, 0.5) is 10.5 Å². The van der Waals surface area contributed by atoms with Crippen molar-refractivity contribution in [3.05, 3.63) is 54.9 Å². The van der Waals surface area contributed by atoms with Crippen LogP contribution in [-0.4, -0.2) is 17.3 Å². The molecule has 1 aromatic rings. The van der Waals surface area contributed by atoms with Crippen molar-refractivity contribution in [2.75, 3.05) is 11.9 Å². The lowest BCUT2D eigenvalue weighted by atomic mass is 10.2. The van der Waals surface area contributed by atoms with Crippen molar-refractivity contribution in [3.63, 3.8) is 0 Å². The van der Waals surface area contributed by atoms with Gasteiger partial charge in [0.2, 0.25) is 0 Å². The monoisotopic (exact) mass is 260 g/mol. The maximum Gasteiger partial charge on any atom is 0.412 e. The van der Waals surface area contributed by atoms with E-state index in [-0.39, 0.29) is 6.61 Å². The number of aryl methyl sites for hydroxylation is 1. The summed E-state index contributed by atoms with van der Waals surface area (Å²) in [5.74, 6) is 0. The molecule has 1 N–H and O–H groups in total. The quantitative estimate of drug-likeness (QED) is 0.793. The molecule has 0 saturated carbocycles. The average Bonchev–Trinajstić information content (AvgIpc) is 2.78. The minimum absolute atomic E-state index is 0.223. The second-order valence-electron chi connectivity index (χ2n) is 4.05. The Kier molecular flexibility index (Phi) is 6.22. The van der Waals surface area contributed by atoms with Gasteiger partial charge >= 0.3 is 6.09 Å². The van der Waals surface area contributed by atoms with Gasteiger partial charge in [0.1, 0.15) is 6.61 Å². The molecule has 0 spiro atoms. The Balaban J connectivity index is 2.45. The number of allylic oxidation sites excluding steroid dienone is 3. The van der Waals surface area contributed by atoms with Crippen molar-refractivity contribution in [2.45, 2.75) is 13.3 Å². The van der Waals surface area contributed by atoms with Gasteiger partial charge in [0.25, 0.3) is 0 Å². The van der Waals surface area contributed by atoms with Gasteiger partial charge in [-0.15, -0.1) is 0 Å². The van der Waals surface area contributed by atoms with Gasteiger partial charge in [-0.05, 0) is 18.1 Å². The van der Waals surface area contributed by atoms with Gasteiger partial charge in [0, 0.05) is 19.4 Å². The summed E-state index contributed by atoms with van der Waals surface area (Å²) in [5.41, 5.74) is 1.62. The summed E-state index contributed by atoms with van der Waals surface area (Å²) < 4.78 is 6.99. The zero-order chi connectivity index (χ0) is 14.1. The first kappa shape index (κ1) is 14.8. The molecule has 1 heterocycles. The predicted octanol–water partition coefficient (Wildman–Crippen LogP) is 3.65. The molecule has 19 heavy (non-hydrogen) atoms. The summed E-state index contributed by atoms with van der Waals surface area (Å²) in [7, 11) is 1.89. The molecule has 0 radical (unpaired) electrons. The van der Waals surface area contributed by atoms with Crippen molar-refractivity contribution in [3.8, 4) is 0 Å². The smallest absolute Gasteiger partial charge is 0.412 e. The van der Waals surface area contributed by atoms with E-state index in [0.717, 1.165) is 12.0 Å². The number of rotatable bonds is 6. The molecule has 0 aliphatic heterocycles. The Morgan fingerprint density at radius 1 is 1.58 bits per heavy atom. The Morgan fingerprint density at radius 3 is 2.95 bits per heavy atom. The molecule has 0 unspecified atom stereocenters. The summed E-state index contributed by atoms with van der Waals surface area (Å²) in [6, 6.07) is 1.80. The Morgan fingerprint density at radius 2 is 2.37 bits per heavy atom. The second kappa shape index (κ2) is 7.97. The Labute approximate surface area is 114 Å². The number of nitrogens with zero attached hydrogens (tertiary/aromatic N) is 1. The first-order valence-corrected chi connectivity index (χ1v) is 6.19. The van der Waals surface area contributed by atoms with Crippen LogP contribution >= 0.6 is 0 Å². The van der Waals surface area contributed by atoms with Crippen LogP contribution in [0.5, 0.6) is 0 Å². The number of amides is 1. The van der Waals surface area contributed by atoms with Gasteiger partial charge in [0.15, 0.2) is 0 Å². The number of carbonyl (C=O) groups excluding carboxylic acids is 1. The van der Waals surface area contributed by atoms with E-state index < -0.39 is 6.09 Å². The van der Waals surface area contributed by atoms with Gasteiger partial charge in [-0.2, -0.15) is 0 Å². The first-order chi connectivity index (χ1) is 9.15. The molecule has 1 amide bonds. The first-order valence-electron chi connectivity index (χ1n) is 6.19. The molecular formula is C15H20N2O2. The molecule has 0 fully saturated rings. The Hall–Kier alpha value is -2.23. The maximum atomic E-state index is 11.6. The van der Waals surface area contributed by atoms with E-state index in [4.69, 9.17) is 4.74 Å². The molecule has 102 valence electrons. The Bertz CT molecular complexity index is 484.